The smallest absolute Gasteiger partial charge is 0.291 e. The van der Waals surface area contributed by atoms with E-state index in [4.69, 9.17) is 40.5 Å². The Kier molecular flexibility index (Phi) is 5.93. The Labute approximate surface area is 161 Å². The summed E-state index contributed by atoms with van der Waals surface area (Å²) in [6.45, 7) is 6.40. The van der Waals surface area contributed by atoms with Crippen LogP contribution in [0.4, 0.5) is 5.69 Å². The van der Waals surface area contributed by atoms with Crippen LogP contribution in [-0.4, -0.2) is 17.1 Å². The highest BCUT2D eigenvalue weighted by Crippen LogP contribution is 2.34. The van der Waals surface area contributed by atoms with Crippen LogP contribution in [0.15, 0.2) is 29.4 Å². The standard InChI is InChI=1S/C17H17Cl3N4O/c1-17(2,3)10-6-4-9(5-7-10)8-22-24-16(25)14-11(18)13(21)12(19)15(20)23-14/h4-8H,1-3H3,(H2,21,23)(H,24,25)/b22-8-. The maximum absolute atomic E-state index is 12.1. The summed E-state index contributed by atoms with van der Waals surface area (Å²) in [5, 5.41) is 3.72. The van der Waals surface area contributed by atoms with Gasteiger partial charge in [0.1, 0.15) is 5.02 Å². The van der Waals surface area contributed by atoms with Gasteiger partial charge in [-0.1, -0.05) is 79.8 Å². The Bertz CT molecular complexity index is 827. The number of anilines is 1. The highest BCUT2D eigenvalue weighted by molar-refractivity contribution is 6.46. The highest BCUT2D eigenvalue weighted by Gasteiger charge is 2.19. The lowest BCUT2D eigenvalue weighted by Gasteiger charge is -2.18. The number of hydrogen-bond donors (Lipinski definition) is 2. The zero-order valence-corrected chi connectivity index (χ0v) is 16.2. The van der Waals surface area contributed by atoms with Gasteiger partial charge in [-0.2, -0.15) is 5.10 Å². The topological polar surface area (TPSA) is 80.4 Å². The molecule has 1 amide bonds. The van der Waals surface area contributed by atoms with Gasteiger partial charge in [-0.05, 0) is 16.5 Å². The molecule has 0 radical (unpaired) electrons. The largest absolute Gasteiger partial charge is 0.396 e. The summed E-state index contributed by atoms with van der Waals surface area (Å²) in [6.07, 6.45) is 1.51. The number of hydrogen-bond acceptors (Lipinski definition) is 4. The molecule has 1 aromatic carbocycles. The summed E-state index contributed by atoms with van der Waals surface area (Å²) in [4.78, 5) is 16.0. The first-order valence-electron chi connectivity index (χ1n) is 7.35. The fraction of sp³-hybridized carbons (Fsp3) is 0.235. The van der Waals surface area contributed by atoms with Crippen LogP contribution in [-0.2, 0) is 5.41 Å². The van der Waals surface area contributed by atoms with Crippen LogP contribution in [0.2, 0.25) is 15.2 Å². The van der Waals surface area contributed by atoms with Crippen molar-refractivity contribution in [3.05, 3.63) is 56.3 Å². The first-order valence-corrected chi connectivity index (χ1v) is 8.48. The van der Waals surface area contributed by atoms with Crippen LogP contribution in [0.3, 0.4) is 0 Å². The van der Waals surface area contributed by atoms with E-state index in [0.29, 0.717) is 0 Å². The zero-order chi connectivity index (χ0) is 18.8. The normalized spacial score (nSPS) is 11.8. The van der Waals surface area contributed by atoms with E-state index < -0.39 is 5.91 Å². The van der Waals surface area contributed by atoms with Crippen molar-refractivity contribution in [2.45, 2.75) is 26.2 Å². The fourth-order valence-electron chi connectivity index (χ4n) is 1.97. The van der Waals surface area contributed by atoms with E-state index in [1.807, 2.05) is 24.3 Å². The van der Waals surface area contributed by atoms with Gasteiger partial charge in [0.05, 0.1) is 16.9 Å². The molecule has 5 nitrogen and oxygen atoms in total. The van der Waals surface area contributed by atoms with E-state index in [-0.39, 0.29) is 32.0 Å². The molecular weight excluding hydrogens is 383 g/mol. The summed E-state index contributed by atoms with van der Waals surface area (Å²) < 4.78 is 0. The molecule has 0 saturated heterocycles. The number of nitrogens with one attached hydrogen (secondary N) is 1. The maximum atomic E-state index is 12.1. The Morgan fingerprint density at radius 3 is 2.32 bits per heavy atom. The quantitative estimate of drug-likeness (QED) is 0.446. The molecule has 1 heterocycles. The van der Waals surface area contributed by atoms with Gasteiger partial charge >= 0.3 is 0 Å². The Morgan fingerprint density at radius 1 is 1.16 bits per heavy atom. The van der Waals surface area contributed by atoms with Crippen molar-refractivity contribution >= 4 is 52.6 Å². The van der Waals surface area contributed by atoms with Gasteiger partial charge in [0.15, 0.2) is 10.8 Å². The van der Waals surface area contributed by atoms with Crippen LogP contribution in [0.25, 0.3) is 0 Å². The fourth-order valence-corrected chi connectivity index (χ4v) is 2.56. The monoisotopic (exact) mass is 398 g/mol. The molecule has 2 rings (SSSR count). The SMILES string of the molecule is CC(C)(C)c1ccc(/C=N\NC(=O)c2nc(Cl)c(Cl)c(N)c2Cl)cc1. The molecule has 0 aliphatic heterocycles. The molecule has 25 heavy (non-hydrogen) atoms. The molecule has 0 aliphatic carbocycles. The number of amides is 1. The summed E-state index contributed by atoms with van der Waals surface area (Å²) in [5.74, 6) is -0.641. The van der Waals surface area contributed by atoms with E-state index in [2.05, 4.69) is 36.3 Å². The van der Waals surface area contributed by atoms with Crippen molar-refractivity contribution in [3.63, 3.8) is 0 Å². The van der Waals surface area contributed by atoms with Crippen LogP contribution in [0, 0.1) is 0 Å². The van der Waals surface area contributed by atoms with Gasteiger partial charge in [0.25, 0.3) is 5.91 Å². The van der Waals surface area contributed by atoms with Crippen molar-refractivity contribution < 1.29 is 4.79 Å². The lowest BCUT2D eigenvalue weighted by atomic mass is 9.87. The number of benzene rings is 1. The average Bonchev–Trinajstić information content (AvgIpc) is 2.55. The lowest BCUT2D eigenvalue weighted by molar-refractivity contribution is 0.0950. The van der Waals surface area contributed by atoms with Gasteiger partial charge < -0.3 is 5.73 Å². The maximum Gasteiger partial charge on any atom is 0.291 e. The Hall–Kier alpha value is -1.82. The number of nitrogens with two attached hydrogens (primary N) is 1. The zero-order valence-electron chi connectivity index (χ0n) is 13.9. The molecular formula is C17H17Cl3N4O. The number of carbonyl (C=O) groups is 1. The lowest BCUT2D eigenvalue weighted by Crippen LogP contribution is -2.20. The first kappa shape index (κ1) is 19.5. The third kappa shape index (κ3) is 4.63. The second-order valence-electron chi connectivity index (χ2n) is 6.36. The van der Waals surface area contributed by atoms with E-state index in [1.54, 1.807) is 0 Å². The minimum absolute atomic E-state index is 0.00441. The van der Waals surface area contributed by atoms with Crippen LogP contribution in [0.1, 0.15) is 42.4 Å². The molecule has 0 fully saturated rings. The molecule has 0 bridgehead atoms. The van der Waals surface area contributed by atoms with Gasteiger partial charge in [0.2, 0.25) is 0 Å². The van der Waals surface area contributed by atoms with E-state index in [1.165, 1.54) is 11.8 Å². The van der Waals surface area contributed by atoms with Gasteiger partial charge in [-0.25, -0.2) is 10.4 Å². The van der Waals surface area contributed by atoms with Gasteiger partial charge in [-0.3, -0.25) is 4.79 Å². The van der Waals surface area contributed by atoms with E-state index >= 15 is 0 Å². The minimum atomic E-state index is -0.641. The molecule has 132 valence electrons. The number of hydrazone groups is 1. The number of carbonyl (C=O) groups excluding carboxylic acids is 1. The number of pyridine rings is 1. The highest BCUT2D eigenvalue weighted by atomic mass is 35.5. The second-order valence-corrected chi connectivity index (χ2v) is 7.48. The molecule has 2 aromatic rings. The molecule has 0 spiro atoms. The third-order valence-electron chi connectivity index (χ3n) is 3.44. The van der Waals surface area contributed by atoms with E-state index in [0.717, 1.165) is 5.56 Å². The predicted octanol–water partition coefficient (Wildman–Crippen LogP) is 4.69. The molecule has 0 aliphatic rings. The molecule has 0 atom stereocenters. The first-order chi connectivity index (χ1) is 11.6. The summed E-state index contributed by atoms with van der Waals surface area (Å²) in [5.41, 5.74) is 9.98. The van der Waals surface area contributed by atoms with Gasteiger partial charge in [-0.15, -0.1) is 0 Å². The Balaban J connectivity index is 2.11. The molecule has 8 heteroatoms. The summed E-state index contributed by atoms with van der Waals surface area (Å²) in [7, 11) is 0. The van der Waals surface area contributed by atoms with Crippen molar-refractivity contribution in [2.24, 2.45) is 5.10 Å². The van der Waals surface area contributed by atoms with Crippen molar-refractivity contribution in [1.29, 1.82) is 0 Å². The van der Waals surface area contributed by atoms with E-state index in [9.17, 15) is 4.79 Å². The summed E-state index contributed by atoms with van der Waals surface area (Å²) >= 11 is 17.6. The number of halogens is 3. The third-order valence-corrected chi connectivity index (χ3v) is 4.58. The number of aromatic nitrogens is 1. The number of nitrogen functional groups attached to an aromatic ring is 1. The summed E-state index contributed by atoms with van der Waals surface area (Å²) in [6, 6.07) is 7.86. The molecule has 3 N–H and O–H groups in total. The van der Waals surface area contributed by atoms with Crippen molar-refractivity contribution in [3.8, 4) is 0 Å². The van der Waals surface area contributed by atoms with Gasteiger partial charge in [0, 0.05) is 0 Å². The van der Waals surface area contributed by atoms with Crippen molar-refractivity contribution in [1.82, 2.24) is 10.4 Å². The predicted molar refractivity (Wildman–Crippen MR) is 104 cm³/mol. The second kappa shape index (κ2) is 7.60. The van der Waals surface area contributed by atoms with Crippen molar-refractivity contribution in [2.75, 3.05) is 5.73 Å². The molecule has 1 aromatic heterocycles. The Morgan fingerprint density at radius 2 is 1.76 bits per heavy atom. The number of nitrogens with zero attached hydrogens (tertiary/aromatic N) is 2. The molecule has 0 unspecified atom stereocenters. The average molecular weight is 400 g/mol. The van der Waals surface area contributed by atoms with Crippen LogP contribution >= 0.6 is 34.8 Å². The minimum Gasteiger partial charge on any atom is -0.396 e. The van der Waals surface area contributed by atoms with Crippen LogP contribution < -0.4 is 11.2 Å². The number of rotatable bonds is 3. The van der Waals surface area contributed by atoms with Crippen LogP contribution in [0.5, 0.6) is 0 Å². The molecule has 0 saturated carbocycles.